The molecule has 2 aliphatic rings. The second-order valence-corrected chi connectivity index (χ2v) is 9.42. The van der Waals surface area contributed by atoms with Gasteiger partial charge in [0.1, 0.15) is 0 Å². The lowest BCUT2D eigenvalue weighted by Crippen LogP contribution is -2.35. The summed E-state index contributed by atoms with van der Waals surface area (Å²) in [5, 5.41) is 8.73. The summed E-state index contributed by atoms with van der Waals surface area (Å²) in [5.74, 6) is 0.618. The topological polar surface area (TPSA) is 92.5 Å². The number of benzene rings is 2. The van der Waals surface area contributed by atoms with Crippen LogP contribution in [0, 0.1) is 25.7 Å². The standard InChI is InChI=1S/C21H25N3O3S.ClH/c1-13-5-3-4-6-17(13)20-19-11-23-10-15(19)12-24(20)21(25)18-9-16(28(22,26)27)8-7-14(18)2;/h3-9,15,19-20,23H,10-12H2,1-2H3,(H2,22,26,27);1H/t15-,19-,20-;/m0./s1. The van der Waals surface area contributed by atoms with Gasteiger partial charge in [-0.25, -0.2) is 13.6 Å². The number of carbonyl (C=O) groups excluding carboxylic acids is 1. The minimum absolute atomic E-state index is 0. The molecule has 3 atom stereocenters. The van der Waals surface area contributed by atoms with Crippen LogP contribution >= 0.6 is 12.4 Å². The summed E-state index contributed by atoms with van der Waals surface area (Å²) in [6.45, 7) is 6.33. The number of carbonyl (C=O) groups is 1. The van der Waals surface area contributed by atoms with Crippen molar-refractivity contribution in [2.45, 2.75) is 24.8 Å². The van der Waals surface area contributed by atoms with E-state index in [9.17, 15) is 13.2 Å². The number of sulfonamides is 1. The predicted molar refractivity (Wildman–Crippen MR) is 115 cm³/mol. The minimum Gasteiger partial charge on any atom is -0.331 e. The summed E-state index contributed by atoms with van der Waals surface area (Å²) < 4.78 is 23.5. The monoisotopic (exact) mass is 435 g/mol. The Morgan fingerprint density at radius 2 is 1.83 bits per heavy atom. The van der Waals surface area contributed by atoms with E-state index >= 15 is 0 Å². The number of fused-ring (bicyclic) bond motifs is 1. The zero-order valence-electron chi connectivity index (χ0n) is 16.5. The van der Waals surface area contributed by atoms with Gasteiger partial charge < -0.3 is 10.2 Å². The van der Waals surface area contributed by atoms with Gasteiger partial charge in [0.15, 0.2) is 0 Å². The number of nitrogens with two attached hydrogens (primary N) is 1. The van der Waals surface area contributed by atoms with E-state index in [0.717, 1.165) is 29.8 Å². The highest BCUT2D eigenvalue weighted by molar-refractivity contribution is 7.89. The highest BCUT2D eigenvalue weighted by Gasteiger charge is 2.47. The first-order valence-electron chi connectivity index (χ1n) is 9.48. The maximum absolute atomic E-state index is 13.5. The van der Waals surface area contributed by atoms with Crippen LogP contribution in [0.15, 0.2) is 47.4 Å². The van der Waals surface area contributed by atoms with Crippen molar-refractivity contribution in [2.75, 3.05) is 19.6 Å². The molecular formula is C21H26ClN3O3S. The third kappa shape index (κ3) is 3.92. The number of aryl methyl sites for hydroxylation is 2. The molecule has 3 N–H and O–H groups in total. The first kappa shape index (κ1) is 21.8. The second-order valence-electron chi connectivity index (χ2n) is 7.86. The van der Waals surface area contributed by atoms with Crippen LogP contribution < -0.4 is 10.5 Å². The Labute approximate surface area is 177 Å². The number of nitrogens with zero attached hydrogens (tertiary/aromatic N) is 1. The van der Waals surface area contributed by atoms with Crippen LogP contribution in [0.1, 0.15) is 33.1 Å². The van der Waals surface area contributed by atoms with Crippen molar-refractivity contribution in [1.29, 1.82) is 0 Å². The molecule has 8 heteroatoms. The molecule has 156 valence electrons. The lowest BCUT2D eigenvalue weighted by atomic mass is 9.87. The van der Waals surface area contributed by atoms with Crippen molar-refractivity contribution in [1.82, 2.24) is 10.2 Å². The summed E-state index contributed by atoms with van der Waals surface area (Å²) in [6, 6.07) is 12.7. The van der Waals surface area contributed by atoms with Gasteiger partial charge in [0, 0.05) is 31.1 Å². The normalized spacial score (nSPS) is 23.6. The van der Waals surface area contributed by atoms with Crippen molar-refractivity contribution in [3.63, 3.8) is 0 Å². The van der Waals surface area contributed by atoms with E-state index in [1.807, 2.05) is 24.0 Å². The lowest BCUT2D eigenvalue weighted by Gasteiger charge is -2.30. The van der Waals surface area contributed by atoms with E-state index < -0.39 is 10.0 Å². The smallest absolute Gasteiger partial charge is 0.254 e. The van der Waals surface area contributed by atoms with Gasteiger partial charge in [-0.1, -0.05) is 30.3 Å². The van der Waals surface area contributed by atoms with Gasteiger partial charge in [-0.05, 0) is 48.6 Å². The molecule has 29 heavy (non-hydrogen) atoms. The molecular weight excluding hydrogens is 410 g/mol. The van der Waals surface area contributed by atoms with Crippen molar-refractivity contribution < 1.29 is 13.2 Å². The van der Waals surface area contributed by atoms with Crippen molar-refractivity contribution in [3.05, 3.63) is 64.7 Å². The van der Waals surface area contributed by atoms with Crippen LogP contribution in [0.2, 0.25) is 0 Å². The van der Waals surface area contributed by atoms with Crippen LogP contribution in [0.3, 0.4) is 0 Å². The Hall–Kier alpha value is -1.93. The van der Waals surface area contributed by atoms with Gasteiger partial charge in [-0.2, -0.15) is 0 Å². The number of primary sulfonamides is 1. The molecule has 2 aliphatic heterocycles. The maximum Gasteiger partial charge on any atom is 0.254 e. The average molecular weight is 436 g/mol. The third-order valence-corrected chi connectivity index (χ3v) is 7.01. The molecule has 0 aliphatic carbocycles. The molecule has 0 aromatic heterocycles. The maximum atomic E-state index is 13.5. The molecule has 0 unspecified atom stereocenters. The molecule has 2 heterocycles. The number of rotatable bonds is 3. The van der Waals surface area contributed by atoms with Crippen LogP contribution in [0.25, 0.3) is 0 Å². The van der Waals surface area contributed by atoms with E-state index in [4.69, 9.17) is 5.14 Å². The molecule has 0 saturated carbocycles. The van der Waals surface area contributed by atoms with Gasteiger partial charge in [0.25, 0.3) is 5.91 Å². The largest absolute Gasteiger partial charge is 0.331 e. The second kappa shape index (κ2) is 8.07. The number of halogens is 1. The SMILES string of the molecule is Cc1ccc(S(N)(=O)=O)cc1C(=O)N1C[C@@H]2CNC[C@@H]2[C@@H]1c1ccccc1C.Cl. The molecule has 0 bridgehead atoms. The van der Waals surface area contributed by atoms with Gasteiger partial charge in [-0.3, -0.25) is 4.79 Å². The molecule has 2 aromatic carbocycles. The fourth-order valence-corrected chi connectivity index (χ4v) is 5.15. The molecule has 1 amide bonds. The summed E-state index contributed by atoms with van der Waals surface area (Å²) in [4.78, 5) is 15.4. The van der Waals surface area contributed by atoms with E-state index in [0.29, 0.717) is 23.9 Å². The summed E-state index contributed by atoms with van der Waals surface area (Å²) in [6.07, 6.45) is 0. The summed E-state index contributed by atoms with van der Waals surface area (Å²) >= 11 is 0. The van der Waals surface area contributed by atoms with Crippen LogP contribution in [0.5, 0.6) is 0 Å². The van der Waals surface area contributed by atoms with E-state index in [2.05, 4.69) is 24.4 Å². The van der Waals surface area contributed by atoms with Crippen molar-refractivity contribution in [2.24, 2.45) is 17.0 Å². The Kier molecular flexibility index (Phi) is 6.06. The predicted octanol–water partition coefficient (Wildman–Crippen LogP) is 2.41. The Bertz CT molecular complexity index is 1040. The van der Waals surface area contributed by atoms with Gasteiger partial charge in [0.05, 0.1) is 10.9 Å². The molecule has 2 fully saturated rings. The highest BCUT2D eigenvalue weighted by atomic mass is 35.5. The molecule has 4 rings (SSSR count). The van der Waals surface area contributed by atoms with E-state index in [1.165, 1.54) is 12.1 Å². The fraction of sp³-hybridized carbons (Fsp3) is 0.381. The van der Waals surface area contributed by atoms with E-state index in [-0.39, 0.29) is 29.3 Å². The Morgan fingerprint density at radius 1 is 1.10 bits per heavy atom. The number of nitrogens with one attached hydrogen (secondary N) is 1. The van der Waals surface area contributed by atoms with Crippen molar-refractivity contribution >= 4 is 28.3 Å². The Balaban J connectivity index is 0.00000240. The number of hydrogen-bond acceptors (Lipinski definition) is 4. The average Bonchev–Trinajstić information content (AvgIpc) is 3.22. The zero-order valence-corrected chi connectivity index (χ0v) is 18.1. The van der Waals surface area contributed by atoms with Gasteiger partial charge in [0.2, 0.25) is 10.0 Å². The first-order chi connectivity index (χ1) is 13.3. The Morgan fingerprint density at radius 3 is 2.52 bits per heavy atom. The first-order valence-corrected chi connectivity index (χ1v) is 11.0. The lowest BCUT2D eigenvalue weighted by molar-refractivity contribution is 0.0712. The highest BCUT2D eigenvalue weighted by Crippen LogP contribution is 2.44. The fourth-order valence-electron chi connectivity index (χ4n) is 4.61. The third-order valence-electron chi connectivity index (χ3n) is 6.10. The van der Waals surface area contributed by atoms with Crippen LogP contribution in [0.4, 0.5) is 0 Å². The quantitative estimate of drug-likeness (QED) is 0.774. The van der Waals surface area contributed by atoms with Crippen LogP contribution in [-0.4, -0.2) is 38.9 Å². The molecule has 2 saturated heterocycles. The van der Waals surface area contributed by atoms with Gasteiger partial charge in [-0.15, -0.1) is 12.4 Å². The van der Waals surface area contributed by atoms with Crippen molar-refractivity contribution in [3.8, 4) is 0 Å². The summed E-state index contributed by atoms with van der Waals surface area (Å²) in [7, 11) is -3.87. The molecule has 0 spiro atoms. The van der Waals surface area contributed by atoms with E-state index in [1.54, 1.807) is 6.07 Å². The zero-order chi connectivity index (χ0) is 20.1. The van der Waals surface area contributed by atoms with Gasteiger partial charge >= 0.3 is 0 Å². The number of hydrogen-bond donors (Lipinski definition) is 2. The summed E-state index contributed by atoms with van der Waals surface area (Å²) in [5.41, 5.74) is 3.47. The number of amides is 1. The molecule has 2 aromatic rings. The minimum atomic E-state index is -3.87. The molecule has 6 nitrogen and oxygen atoms in total. The van der Waals surface area contributed by atoms with Crippen LogP contribution in [-0.2, 0) is 10.0 Å². The molecule has 0 radical (unpaired) electrons. The number of likely N-dealkylation sites (tertiary alicyclic amines) is 1.